The molecule has 3 nitrogen and oxygen atoms in total. The van der Waals surface area contributed by atoms with E-state index in [1.807, 2.05) is 31.2 Å². The minimum absolute atomic E-state index is 0.103. The third-order valence-electron chi connectivity index (χ3n) is 2.90. The van der Waals surface area contributed by atoms with Crippen molar-refractivity contribution in [2.75, 3.05) is 11.1 Å². The summed E-state index contributed by atoms with van der Waals surface area (Å²) in [5, 5.41) is 2.88. The van der Waals surface area contributed by atoms with Crippen molar-refractivity contribution < 1.29 is 4.79 Å². The molecule has 0 spiro atoms. The van der Waals surface area contributed by atoms with Gasteiger partial charge in [-0.15, -0.1) is 0 Å². The van der Waals surface area contributed by atoms with E-state index in [2.05, 4.69) is 21.2 Å². The van der Waals surface area contributed by atoms with E-state index in [0.29, 0.717) is 11.3 Å². The first-order chi connectivity index (χ1) is 9.11. The van der Waals surface area contributed by atoms with Gasteiger partial charge in [-0.3, -0.25) is 4.79 Å². The van der Waals surface area contributed by atoms with E-state index in [1.165, 1.54) is 0 Å². The van der Waals surface area contributed by atoms with Gasteiger partial charge < -0.3 is 11.1 Å². The van der Waals surface area contributed by atoms with Crippen LogP contribution >= 0.6 is 15.9 Å². The van der Waals surface area contributed by atoms with E-state index in [-0.39, 0.29) is 5.91 Å². The van der Waals surface area contributed by atoms with Crippen molar-refractivity contribution in [2.24, 2.45) is 0 Å². The van der Waals surface area contributed by atoms with Crippen molar-refractivity contribution in [3.63, 3.8) is 0 Å². The molecule has 0 fully saturated rings. The largest absolute Gasteiger partial charge is 0.398 e. The third-order valence-corrected chi connectivity index (χ3v) is 3.59. The summed E-state index contributed by atoms with van der Waals surface area (Å²) in [7, 11) is 0. The maximum absolute atomic E-state index is 12.2. The number of anilines is 2. The first-order valence-corrected chi connectivity index (χ1v) is 6.85. The molecule has 0 radical (unpaired) electrons. The van der Waals surface area contributed by atoms with Gasteiger partial charge in [0.1, 0.15) is 0 Å². The van der Waals surface area contributed by atoms with Gasteiger partial charge in [0.2, 0.25) is 0 Å². The van der Waals surface area contributed by atoms with Gasteiger partial charge in [0, 0.05) is 21.4 Å². The molecule has 0 saturated heterocycles. The van der Waals surface area contributed by atoms with E-state index < -0.39 is 0 Å². The topological polar surface area (TPSA) is 55.1 Å². The second-order valence-corrected chi connectivity index (χ2v) is 5.06. The molecule has 98 valence electrons. The summed E-state index contributed by atoms with van der Waals surface area (Å²) in [6.07, 6.45) is 0.828. The van der Waals surface area contributed by atoms with E-state index in [0.717, 1.165) is 22.1 Å². The second kappa shape index (κ2) is 5.89. The second-order valence-electron chi connectivity index (χ2n) is 4.20. The fraction of sp³-hybridized carbons (Fsp3) is 0.133. The van der Waals surface area contributed by atoms with Gasteiger partial charge in [0.05, 0.1) is 0 Å². The van der Waals surface area contributed by atoms with Crippen LogP contribution in [0.1, 0.15) is 22.8 Å². The molecule has 0 aliphatic rings. The van der Waals surface area contributed by atoms with E-state index in [4.69, 9.17) is 5.73 Å². The first-order valence-electron chi connectivity index (χ1n) is 6.06. The molecule has 0 aromatic heterocycles. The number of carbonyl (C=O) groups excluding carboxylic acids is 1. The molecule has 3 N–H and O–H groups in total. The molecular formula is C15H15BrN2O. The van der Waals surface area contributed by atoms with E-state index >= 15 is 0 Å². The quantitative estimate of drug-likeness (QED) is 0.845. The van der Waals surface area contributed by atoms with Gasteiger partial charge >= 0.3 is 0 Å². The van der Waals surface area contributed by atoms with Crippen molar-refractivity contribution in [1.29, 1.82) is 0 Å². The Balaban J connectivity index is 2.23. The molecule has 0 aliphatic heterocycles. The molecule has 1 amide bonds. The average molecular weight is 319 g/mol. The summed E-state index contributed by atoms with van der Waals surface area (Å²) in [6, 6.07) is 12.9. The zero-order valence-corrected chi connectivity index (χ0v) is 12.2. The Bertz CT molecular complexity index is 611. The molecule has 4 heteroatoms. The number of hydrogen-bond acceptors (Lipinski definition) is 2. The van der Waals surface area contributed by atoms with Crippen LogP contribution < -0.4 is 11.1 Å². The molecule has 19 heavy (non-hydrogen) atoms. The Hall–Kier alpha value is -1.81. The third kappa shape index (κ3) is 3.15. The lowest BCUT2D eigenvalue weighted by atomic mass is 10.0. The van der Waals surface area contributed by atoms with Gasteiger partial charge in [0.25, 0.3) is 5.91 Å². The average Bonchev–Trinajstić information content (AvgIpc) is 2.43. The van der Waals surface area contributed by atoms with Crippen LogP contribution in [-0.4, -0.2) is 5.91 Å². The summed E-state index contributed by atoms with van der Waals surface area (Å²) in [5.74, 6) is -0.103. The summed E-state index contributed by atoms with van der Waals surface area (Å²) < 4.78 is 0.772. The smallest absolute Gasteiger partial charge is 0.255 e. The lowest BCUT2D eigenvalue weighted by Crippen LogP contribution is -2.14. The van der Waals surface area contributed by atoms with Crippen LogP contribution in [0.4, 0.5) is 11.4 Å². The van der Waals surface area contributed by atoms with Gasteiger partial charge in [-0.25, -0.2) is 0 Å². The van der Waals surface area contributed by atoms with Crippen LogP contribution in [0.25, 0.3) is 0 Å². The van der Waals surface area contributed by atoms with Crippen LogP contribution in [0, 0.1) is 0 Å². The Kier molecular flexibility index (Phi) is 4.22. The summed E-state index contributed by atoms with van der Waals surface area (Å²) in [4.78, 5) is 12.2. The SMILES string of the molecule is CCc1ccccc1C(=O)Nc1ccc(N)c(Br)c1. The van der Waals surface area contributed by atoms with Gasteiger partial charge in [-0.1, -0.05) is 25.1 Å². The van der Waals surface area contributed by atoms with E-state index in [1.54, 1.807) is 18.2 Å². The Morgan fingerprint density at radius 3 is 2.68 bits per heavy atom. The standard InChI is InChI=1S/C15H15BrN2O/c1-2-10-5-3-4-6-12(10)15(19)18-11-7-8-14(17)13(16)9-11/h3-9H,2,17H2,1H3,(H,18,19). The predicted octanol–water partition coefficient (Wildman–Crippen LogP) is 3.85. The number of nitrogens with two attached hydrogens (primary N) is 1. The number of benzene rings is 2. The maximum atomic E-state index is 12.2. The van der Waals surface area contributed by atoms with Crippen molar-refractivity contribution in [2.45, 2.75) is 13.3 Å². The highest BCUT2D eigenvalue weighted by Crippen LogP contribution is 2.23. The first kappa shape index (κ1) is 13.6. The van der Waals surface area contributed by atoms with Gasteiger partial charge in [-0.2, -0.15) is 0 Å². The zero-order chi connectivity index (χ0) is 13.8. The summed E-state index contributed by atoms with van der Waals surface area (Å²) >= 11 is 3.34. The van der Waals surface area contributed by atoms with Crippen LogP contribution in [0.15, 0.2) is 46.9 Å². The van der Waals surface area contributed by atoms with Crippen LogP contribution in [0.5, 0.6) is 0 Å². The normalized spacial score (nSPS) is 10.2. The number of nitrogens with one attached hydrogen (secondary N) is 1. The van der Waals surface area contributed by atoms with Crippen molar-refractivity contribution in [3.05, 3.63) is 58.1 Å². The number of rotatable bonds is 3. The number of halogens is 1. The fourth-order valence-electron chi connectivity index (χ4n) is 1.85. The molecule has 0 unspecified atom stereocenters. The van der Waals surface area contributed by atoms with Crippen LogP contribution in [-0.2, 0) is 6.42 Å². The molecule has 2 aromatic carbocycles. The molecular weight excluding hydrogens is 304 g/mol. The minimum Gasteiger partial charge on any atom is -0.398 e. The van der Waals surface area contributed by atoms with Crippen molar-refractivity contribution in [1.82, 2.24) is 0 Å². The van der Waals surface area contributed by atoms with E-state index in [9.17, 15) is 4.79 Å². The highest BCUT2D eigenvalue weighted by Gasteiger charge is 2.10. The van der Waals surface area contributed by atoms with Gasteiger partial charge in [-0.05, 0) is 52.2 Å². The molecule has 0 aliphatic carbocycles. The summed E-state index contributed by atoms with van der Waals surface area (Å²) in [5.41, 5.74) is 8.82. The van der Waals surface area contributed by atoms with Crippen LogP contribution in [0.3, 0.4) is 0 Å². The highest BCUT2D eigenvalue weighted by molar-refractivity contribution is 9.10. The minimum atomic E-state index is -0.103. The molecule has 0 atom stereocenters. The molecule has 0 heterocycles. The monoisotopic (exact) mass is 318 g/mol. The Morgan fingerprint density at radius 1 is 1.26 bits per heavy atom. The molecule has 0 saturated carbocycles. The Morgan fingerprint density at radius 2 is 2.00 bits per heavy atom. The Labute approximate surface area is 121 Å². The van der Waals surface area contributed by atoms with Crippen molar-refractivity contribution in [3.8, 4) is 0 Å². The fourth-order valence-corrected chi connectivity index (χ4v) is 2.23. The number of nitrogen functional groups attached to an aromatic ring is 1. The van der Waals surface area contributed by atoms with Gasteiger partial charge in [0.15, 0.2) is 0 Å². The number of carbonyl (C=O) groups is 1. The summed E-state index contributed by atoms with van der Waals surface area (Å²) in [6.45, 7) is 2.03. The molecule has 2 aromatic rings. The van der Waals surface area contributed by atoms with Crippen molar-refractivity contribution >= 4 is 33.2 Å². The lowest BCUT2D eigenvalue weighted by Gasteiger charge is -2.09. The maximum Gasteiger partial charge on any atom is 0.255 e. The number of aryl methyl sites for hydroxylation is 1. The molecule has 0 bridgehead atoms. The number of amides is 1. The highest BCUT2D eigenvalue weighted by atomic mass is 79.9. The lowest BCUT2D eigenvalue weighted by molar-refractivity contribution is 0.102. The zero-order valence-electron chi connectivity index (χ0n) is 10.6. The van der Waals surface area contributed by atoms with Crippen LogP contribution in [0.2, 0.25) is 0 Å². The number of hydrogen-bond donors (Lipinski definition) is 2. The molecule has 2 rings (SSSR count). The predicted molar refractivity (Wildman–Crippen MR) is 82.3 cm³/mol.